The van der Waals surface area contributed by atoms with Crippen molar-refractivity contribution in [1.29, 1.82) is 0 Å². The van der Waals surface area contributed by atoms with Gasteiger partial charge in [0.2, 0.25) is 0 Å². The van der Waals surface area contributed by atoms with Crippen LogP contribution >= 0.6 is 0 Å². The summed E-state index contributed by atoms with van der Waals surface area (Å²) in [6, 6.07) is 7.11. The average Bonchev–Trinajstić information content (AvgIpc) is 3.42. The van der Waals surface area contributed by atoms with Crippen molar-refractivity contribution in [2.75, 3.05) is 6.61 Å². The first-order valence-corrected chi connectivity index (χ1v) is 11.0. The van der Waals surface area contributed by atoms with Crippen LogP contribution in [-0.4, -0.2) is 37.2 Å². The number of fused-ring (bicyclic) bond motifs is 4. The molecule has 0 saturated carbocycles. The Labute approximate surface area is 195 Å². The molecule has 1 aliphatic heterocycles. The Morgan fingerprint density at radius 3 is 2.86 bits per heavy atom. The van der Waals surface area contributed by atoms with Gasteiger partial charge >= 0.3 is 5.97 Å². The molecule has 0 unspecified atom stereocenters. The number of hydrogen-bond donors (Lipinski definition) is 3. The predicted molar refractivity (Wildman–Crippen MR) is 124 cm³/mol. The number of hydrogen-bond acceptors (Lipinski definition) is 4. The highest BCUT2D eigenvalue weighted by molar-refractivity contribution is 6.11. The van der Waals surface area contributed by atoms with E-state index in [4.69, 9.17) is 4.74 Å². The molecule has 2 aromatic carbocycles. The van der Waals surface area contributed by atoms with E-state index in [9.17, 15) is 19.1 Å². The number of nitrogens with one attached hydrogen (secondary N) is 2. The Kier molecular flexibility index (Phi) is 4.70. The number of halogens is 2. The van der Waals surface area contributed by atoms with Crippen LogP contribution in [0, 0.1) is 11.6 Å². The second-order valence-electron chi connectivity index (χ2n) is 8.40. The molecule has 6 rings (SSSR count). The van der Waals surface area contributed by atoms with Crippen LogP contribution in [0.25, 0.3) is 33.1 Å². The number of H-pyrrole nitrogens is 2. The molecule has 0 saturated heterocycles. The van der Waals surface area contributed by atoms with E-state index in [1.807, 2.05) is 0 Å². The molecule has 0 spiro atoms. The van der Waals surface area contributed by atoms with E-state index in [1.54, 1.807) is 6.07 Å². The van der Waals surface area contributed by atoms with E-state index < -0.39 is 23.2 Å². The third-order valence-electron chi connectivity index (χ3n) is 6.38. The maximum atomic E-state index is 15.2. The van der Waals surface area contributed by atoms with Crippen LogP contribution in [0.3, 0.4) is 0 Å². The third kappa shape index (κ3) is 3.21. The van der Waals surface area contributed by atoms with Gasteiger partial charge in [-0.1, -0.05) is 0 Å². The molecule has 0 amide bonds. The molecule has 8 nitrogen and oxygen atoms in total. The predicted octanol–water partition coefficient (Wildman–Crippen LogP) is 4.22. The molecule has 10 heteroatoms. The molecule has 3 N–H and O–H groups in total. The first-order valence-electron chi connectivity index (χ1n) is 11.0. The lowest BCUT2D eigenvalue weighted by Gasteiger charge is -2.20. The van der Waals surface area contributed by atoms with Crippen LogP contribution in [0.15, 0.2) is 47.7 Å². The minimum Gasteiger partial charge on any atom is -0.492 e. The first kappa shape index (κ1) is 21.1. The van der Waals surface area contributed by atoms with Crippen molar-refractivity contribution in [3.63, 3.8) is 0 Å². The summed E-state index contributed by atoms with van der Waals surface area (Å²) in [5.41, 5.74) is 1.13. The summed E-state index contributed by atoms with van der Waals surface area (Å²) in [5.74, 6) is -2.25. The van der Waals surface area contributed by atoms with Gasteiger partial charge < -0.3 is 24.4 Å². The second kappa shape index (κ2) is 7.79. The number of imidazole rings is 1. The molecule has 35 heavy (non-hydrogen) atoms. The van der Waals surface area contributed by atoms with Crippen molar-refractivity contribution in [2.24, 2.45) is 0 Å². The van der Waals surface area contributed by atoms with Gasteiger partial charge in [-0.3, -0.25) is 4.79 Å². The SMILES string of the molecule is O=C(O)c1c(-c2ccc[nH]c2=O)c2c3c(c(F)cc2n1Cc1cc2[nH]cnc2cc1F)CCCO3. The van der Waals surface area contributed by atoms with Crippen LogP contribution in [-0.2, 0) is 13.0 Å². The highest BCUT2D eigenvalue weighted by atomic mass is 19.1. The highest BCUT2D eigenvalue weighted by Gasteiger charge is 2.31. The molecular weight excluding hydrogens is 458 g/mol. The van der Waals surface area contributed by atoms with Crippen molar-refractivity contribution in [2.45, 2.75) is 19.4 Å². The molecule has 3 aromatic heterocycles. The largest absolute Gasteiger partial charge is 0.492 e. The number of benzene rings is 2. The van der Waals surface area contributed by atoms with Crippen LogP contribution < -0.4 is 10.3 Å². The molecule has 4 heterocycles. The number of ether oxygens (including phenoxy) is 1. The van der Waals surface area contributed by atoms with Gasteiger partial charge in [0, 0.05) is 29.0 Å². The summed E-state index contributed by atoms with van der Waals surface area (Å²) in [6.45, 7) is 0.108. The van der Waals surface area contributed by atoms with Crippen molar-refractivity contribution < 1.29 is 23.4 Å². The number of carboxylic acids is 1. The first-order chi connectivity index (χ1) is 16.9. The smallest absolute Gasteiger partial charge is 0.353 e. The van der Waals surface area contributed by atoms with Gasteiger partial charge in [-0.15, -0.1) is 0 Å². The van der Waals surface area contributed by atoms with E-state index in [2.05, 4.69) is 15.0 Å². The lowest BCUT2D eigenvalue weighted by atomic mass is 9.97. The van der Waals surface area contributed by atoms with Gasteiger partial charge in [-0.05, 0) is 37.1 Å². The normalized spacial score (nSPS) is 13.2. The summed E-state index contributed by atoms with van der Waals surface area (Å²) in [4.78, 5) is 34.9. The Morgan fingerprint density at radius 1 is 1.20 bits per heavy atom. The third-order valence-corrected chi connectivity index (χ3v) is 6.38. The van der Waals surface area contributed by atoms with Crippen LogP contribution in [0.4, 0.5) is 8.78 Å². The van der Waals surface area contributed by atoms with Gasteiger partial charge in [-0.25, -0.2) is 18.6 Å². The Balaban J connectivity index is 1.72. The number of aromatic carboxylic acids is 1. The van der Waals surface area contributed by atoms with Gasteiger partial charge in [0.15, 0.2) is 0 Å². The van der Waals surface area contributed by atoms with Crippen molar-refractivity contribution in [3.05, 3.63) is 81.7 Å². The van der Waals surface area contributed by atoms with Crippen LogP contribution in [0.2, 0.25) is 0 Å². The van der Waals surface area contributed by atoms with Crippen molar-refractivity contribution >= 4 is 27.9 Å². The molecule has 0 fully saturated rings. The van der Waals surface area contributed by atoms with E-state index >= 15 is 4.39 Å². The Bertz CT molecular complexity index is 1720. The number of aromatic nitrogens is 4. The van der Waals surface area contributed by atoms with Crippen molar-refractivity contribution in [3.8, 4) is 16.9 Å². The number of pyridine rings is 1. The van der Waals surface area contributed by atoms with Gasteiger partial charge in [-0.2, -0.15) is 0 Å². The minimum atomic E-state index is -1.34. The molecular formula is C25H18F2N4O4. The zero-order valence-corrected chi connectivity index (χ0v) is 18.2. The maximum Gasteiger partial charge on any atom is 0.353 e. The number of carbonyl (C=O) groups is 1. The molecule has 176 valence electrons. The number of aromatic amines is 2. The monoisotopic (exact) mass is 476 g/mol. The fraction of sp³-hybridized carbons (Fsp3) is 0.160. The molecule has 5 aromatic rings. The summed E-state index contributed by atoms with van der Waals surface area (Å²) in [5, 5.41) is 10.6. The van der Waals surface area contributed by atoms with E-state index in [0.717, 1.165) is 0 Å². The summed E-state index contributed by atoms with van der Waals surface area (Å²) >= 11 is 0. The van der Waals surface area contributed by atoms with Gasteiger partial charge in [0.05, 0.1) is 47.0 Å². The fourth-order valence-electron chi connectivity index (χ4n) is 4.86. The summed E-state index contributed by atoms with van der Waals surface area (Å²) < 4.78 is 37.4. The van der Waals surface area contributed by atoms with Gasteiger partial charge in [0.25, 0.3) is 5.56 Å². The standard InChI is InChI=1S/C25H18F2N4O4/c26-15-8-18-17(29-11-30-18)7-12(15)10-31-19-9-16(27)13-4-2-6-35-23(13)21(19)20(22(31)25(33)34)14-3-1-5-28-24(14)32/h1,3,5,7-9,11H,2,4,6,10H2,(H,28,32)(H,29,30)(H,33,34). The lowest BCUT2D eigenvalue weighted by Crippen LogP contribution is -2.14. The van der Waals surface area contributed by atoms with E-state index in [1.165, 1.54) is 41.4 Å². The van der Waals surface area contributed by atoms with Crippen molar-refractivity contribution in [1.82, 2.24) is 19.5 Å². The van der Waals surface area contributed by atoms with E-state index in [0.29, 0.717) is 41.4 Å². The lowest BCUT2D eigenvalue weighted by molar-refractivity contribution is 0.0687. The molecule has 1 aliphatic rings. The highest BCUT2D eigenvalue weighted by Crippen LogP contribution is 2.44. The maximum absolute atomic E-state index is 15.2. The zero-order chi connectivity index (χ0) is 24.3. The molecule has 0 aliphatic carbocycles. The molecule has 0 atom stereocenters. The quantitative estimate of drug-likeness (QED) is 0.360. The van der Waals surface area contributed by atoms with Crippen LogP contribution in [0.1, 0.15) is 28.0 Å². The summed E-state index contributed by atoms with van der Waals surface area (Å²) in [7, 11) is 0. The Hall–Kier alpha value is -4.47. The summed E-state index contributed by atoms with van der Waals surface area (Å²) in [6.07, 6.45) is 3.89. The molecule has 0 radical (unpaired) electrons. The molecule has 0 bridgehead atoms. The number of nitrogens with zero attached hydrogens (tertiary/aromatic N) is 2. The fourth-order valence-corrected chi connectivity index (χ4v) is 4.86. The minimum absolute atomic E-state index is 0.0983. The number of carboxylic acid groups (broad SMARTS) is 1. The zero-order valence-electron chi connectivity index (χ0n) is 18.2. The van der Waals surface area contributed by atoms with E-state index in [-0.39, 0.29) is 40.2 Å². The Morgan fingerprint density at radius 2 is 2.06 bits per heavy atom. The second-order valence-corrected chi connectivity index (χ2v) is 8.40. The van der Waals surface area contributed by atoms with Gasteiger partial charge in [0.1, 0.15) is 23.1 Å². The topological polar surface area (TPSA) is 113 Å². The average molecular weight is 476 g/mol. The number of rotatable bonds is 4. The van der Waals surface area contributed by atoms with Crippen LogP contribution in [0.5, 0.6) is 5.75 Å².